The number of nitrogens with zero attached hydrogens (tertiary/aromatic N) is 13. The fourth-order valence-corrected chi connectivity index (χ4v) is 10.9. The molecule has 4 fully saturated rings. The molecule has 5 atom stereocenters. The second-order valence-electron chi connectivity index (χ2n) is 20.1. The van der Waals surface area contributed by atoms with Crippen molar-refractivity contribution in [3.8, 4) is 67.3 Å². The Bertz CT molecular complexity index is 3040. The lowest BCUT2D eigenvalue weighted by Crippen LogP contribution is -2.46. The van der Waals surface area contributed by atoms with Gasteiger partial charge in [-0.1, -0.05) is 36.4 Å². The van der Waals surface area contributed by atoms with E-state index < -0.39 is 5.92 Å². The molecule has 12 rings (SSSR count). The molecule has 6 aromatic heterocycles. The SMILES string of the molecule is Cn1cc(-c2cccc(-c3ncc(-c4cnn(C5CCC[C@@H](N6CCC(F)(F)CC6)C5)c4)cn3)c2)cn1.Cn1cc(-c2cccc(-c3ncc(-c4cnn(C5CCC[C@@H](NC6CCOC6)C5)c4)cn3)c2)cn1. The van der Waals surface area contributed by atoms with E-state index >= 15 is 0 Å². The van der Waals surface area contributed by atoms with E-state index in [1.807, 2.05) is 110 Å². The van der Waals surface area contributed by atoms with Gasteiger partial charge in [-0.25, -0.2) is 28.7 Å². The highest BCUT2D eigenvalue weighted by molar-refractivity contribution is 5.71. The van der Waals surface area contributed by atoms with Crippen LogP contribution in [0.1, 0.15) is 82.7 Å². The highest BCUT2D eigenvalue weighted by Gasteiger charge is 2.38. The third kappa shape index (κ3) is 11.1. The number of aromatic nitrogens is 12. The molecule has 0 amide bonds. The first-order valence-corrected chi connectivity index (χ1v) is 25.5. The lowest BCUT2D eigenvalue weighted by Gasteiger charge is -2.41. The molecular weight excluding hydrogens is 911 g/mol. The molecule has 3 unspecified atom stereocenters. The maximum atomic E-state index is 13.6. The zero-order valence-corrected chi connectivity index (χ0v) is 41.0. The Hall–Kier alpha value is -6.82. The van der Waals surface area contributed by atoms with Gasteiger partial charge in [0.25, 0.3) is 5.92 Å². The largest absolute Gasteiger partial charge is 0.380 e. The van der Waals surface area contributed by atoms with Gasteiger partial charge in [0.1, 0.15) is 0 Å². The van der Waals surface area contributed by atoms with E-state index in [-0.39, 0.29) is 18.9 Å². The van der Waals surface area contributed by atoms with Crippen molar-refractivity contribution in [3.05, 3.63) is 123 Å². The summed E-state index contributed by atoms with van der Waals surface area (Å²) in [6.07, 6.45) is 33.2. The summed E-state index contributed by atoms with van der Waals surface area (Å²) in [4.78, 5) is 20.9. The minimum Gasteiger partial charge on any atom is -0.380 e. The fraction of sp³-hybridized carbons (Fsp3) is 0.418. The van der Waals surface area contributed by atoms with Crippen molar-refractivity contribution in [1.82, 2.24) is 69.3 Å². The van der Waals surface area contributed by atoms with E-state index in [0.29, 0.717) is 48.9 Å². The van der Waals surface area contributed by atoms with Crippen LogP contribution in [-0.2, 0) is 18.8 Å². The monoisotopic (exact) mass is 973 g/mol. The summed E-state index contributed by atoms with van der Waals surface area (Å²) in [7, 11) is 3.83. The van der Waals surface area contributed by atoms with E-state index in [1.54, 1.807) is 4.68 Å². The molecule has 17 heteroatoms. The predicted octanol–water partition coefficient (Wildman–Crippen LogP) is 9.89. The second kappa shape index (κ2) is 21.1. The van der Waals surface area contributed by atoms with E-state index in [9.17, 15) is 8.78 Å². The van der Waals surface area contributed by atoms with E-state index in [1.165, 1.54) is 19.3 Å². The van der Waals surface area contributed by atoms with Crippen LogP contribution in [0, 0.1) is 0 Å². The van der Waals surface area contributed by atoms with Gasteiger partial charge < -0.3 is 10.1 Å². The van der Waals surface area contributed by atoms with Crippen LogP contribution >= 0.6 is 0 Å². The molecule has 8 aromatic rings. The molecule has 1 N–H and O–H groups in total. The molecule has 2 saturated heterocycles. The van der Waals surface area contributed by atoms with Crippen molar-refractivity contribution in [2.45, 2.75) is 107 Å². The third-order valence-corrected chi connectivity index (χ3v) is 15.0. The minimum atomic E-state index is -2.50. The van der Waals surface area contributed by atoms with Gasteiger partial charge in [-0.15, -0.1) is 0 Å². The normalized spacial score (nSPS) is 22.4. The molecule has 4 aliphatic rings. The first kappa shape index (κ1) is 47.5. The van der Waals surface area contributed by atoms with E-state index in [2.05, 4.69) is 86.8 Å². The lowest BCUT2D eigenvalue weighted by molar-refractivity contribution is -0.0671. The van der Waals surface area contributed by atoms with Crippen molar-refractivity contribution < 1.29 is 13.5 Å². The number of ether oxygens (including phenoxy) is 1. The molecule has 8 heterocycles. The minimum absolute atomic E-state index is 0.0240. The Morgan fingerprint density at radius 2 is 1.00 bits per heavy atom. The summed E-state index contributed by atoms with van der Waals surface area (Å²) in [5, 5.41) is 21.7. The fourth-order valence-electron chi connectivity index (χ4n) is 10.9. The Morgan fingerprint density at radius 3 is 1.51 bits per heavy atom. The van der Waals surface area contributed by atoms with Crippen LogP contribution in [0.3, 0.4) is 0 Å². The van der Waals surface area contributed by atoms with Crippen molar-refractivity contribution in [2.24, 2.45) is 14.1 Å². The Balaban J connectivity index is 0.000000156. The lowest BCUT2D eigenvalue weighted by atomic mass is 9.88. The number of nitrogens with one attached hydrogen (secondary N) is 1. The van der Waals surface area contributed by atoms with Crippen LogP contribution in [0.5, 0.6) is 0 Å². The van der Waals surface area contributed by atoms with Gasteiger partial charge in [-0.2, -0.15) is 20.4 Å². The van der Waals surface area contributed by atoms with Gasteiger partial charge in [-0.05, 0) is 81.0 Å². The zero-order chi connectivity index (χ0) is 49.0. The molecule has 15 nitrogen and oxygen atoms in total. The van der Waals surface area contributed by atoms with Crippen LogP contribution < -0.4 is 5.32 Å². The maximum Gasteiger partial charge on any atom is 0.250 e. The Labute approximate surface area is 418 Å². The number of benzene rings is 2. The van der Waals surface area contributed by atoms with Gasteiger partial charge >= 0.3 is 0 Å². The van der Waals surface area contributed by atoms with Gasteiger partial charge in [0.15, 0.2) is 11.6 Å². The molecule has 372 valence electrons. The molecule has 72 heavy (non-hydrogen) atoms. The number of alkyl halides is 2. The van der Waals surface area contributed by atoms with E-state index in [0.717, 1.165) is 107 Å². The quantitative estimate of drug-likeness (QED) is 0.132. The smallest absolute Gasteiger partial charge is 0.250 e. The molecule has 2 aliphatic heterocycles. The summed E-state index contributed by atoms with van der Waals surface area (Å²) in [6, 6.07) is 18.5. The van der Waals surface area contributed by atoms with Crippen LogP contribution in [0.15, 0.2) is 123 Å². The van der Waals surface area contributed by atoms with Crippen molar-refractivity contribution in [2.75, 3.05) is 26.3 Å². The standard InChI is InChI=1S/C28H31F2N7.C27H31N7O/c1-35-18-23(16-33-35)20-4-2-5-21(12-20)27-31-14-22(15-32-27)24-17-34-37(19-24)26-7-3-6-25(13-26)36-10-8-28(29,30)9-11-36;1-33-16-22(14-30-33)19-4-2-5-20(10-19)27-28-12-21(13-29-27)23-15-31-34(17-23)26-7-3-6-24(11-26)32-25-8-9-35-18-25/h2,4-5,12,14-19,25-26H,3,6-11,13H2,1H3;2,4-5,10,12-17,24-26,32H,3,6-9,11,18H2,1H3/t25-,26?;24-,25?,26?/m11/s1. The van der Waals surface area contributed by atoms with Crippen molar-refractivity contribution in [1.29, 1.82) is 0 Å². The van der Waals surface area contributed by atoms with Gasteiger partial charge in [-0.3, -0.25) is 23.6 Å². The number of rotatable bonds is 11. The number of piperidine rings is 1. The summed E-state index contributed by atoms with van der Waals surface area (Å²) in [5.74, 6) is -1.12. The number of halogens is 2. The van der Waals surface area contributed by atoms with Gasteiger partial charge in [0, 0.05) is 159 Å². The number of hydrogen-bond acceptors (Lipinski definition) is 11. The van der Waals surface area contributed by atoms with Crippen LogP contribution in [0.25, 0.3) is 67.3 Å². The second-order valence-corrected chi connectivity index (χ2v) is 20.1. The predicted molar refractivity (Wildman–Crippen MR) is 272 cm³/mol. The number of aryl methyl sites for hydroxylation is 2. The van der Waals surface area contributed by atoms with Gasteiger partial charge in [0.05, 0.1) is 43.5 Å². The first-order valence-electron chi connectivity index (χ1n) is 25.5. The van der Waals surface area contributed by atoms with Crippen molar-refractivity contribution >= 4 is 0 Å². The first-order chi connectivity index (χ1) is 35.1. The molecular formula is C55H62F2N14O. The van der Waals surface area contributed by atoms with E-state index in [4.69, 9.17) is 9.84 Å². The van der Waals surface area contributed by atoms with Crippen LogP contribution in [-0.4, -0.2) is 114 Å². The Kier molecular flexibility index (Phi) is 13.9. The molecule has 2 aliphatic carbocycles. The topological polar surface area (TPSA) is 147 Å². The summed E-state index contributed by atoms with van der Waals surface area (Å²) in [6.45, 7) is 2.71. The molecule has 0 bridgehead atoms. The molecule has 2 saturated carbocycles. The zero-order valence-electron chi connectivity index (χ0n) is 41.0. The summed E-state index contributed by atoms with van der Waals surface area (Å²) in [5.41, 5.74) is 10.2. The highest BCUT2D eigenvalue weighted by atomic mass is 19.3. The average Bonchev–Trinajstić information content (AvgIpc) is 4.30. The maximum absolute atomic E-state index is 13.6. The number of likely N-dealkylation sites (tertiary alicyclic amines) is 1. The van der Waals surface area contributed by atoms with Gasteiger partial charge in [0.2, 0.25) is 0 Å². The molecule has 0 spiro atoms. The summed E-state index contributed by atoms with van der Waals surface area (Å²) < 4.78 is 40.5. The third-order valence-electron chi connectivity index (χ3n) is 15.0. The summed E-state index contributed by atoms with van der Waals surface area (Å²) >= 11 is 0. The number of hydrogen-bond donors (Lipinski definition) is 1. The van der Waals surface area contributed by atoms with Crippen molar-refractivity contribution in [3.63, 3.8) is 0 Å². The Morgan fingerprint density at radius 1 is 0.514 bits per heavy atom. The van der Waals surface area contributed by atoms with Crippen LogP contribution in [0.4, 0.5) is 8.78 Å². The molecule has 2 aromatic carbocycles. The van der Waals surface area contributed by atoms with Crippen LogP contribution in [0.2, 0.25) is 0 Å². The molecule has 0 radical (unpaired) electrons. The average molecular weight is 973 g/mol. The highest BCUT2D eigenvalue weighted by Crippen LogP contribution is 2.37.